The van der Waals surface area contributed by atoms with E-state index in [-0.39, 0.29) is 0 Å². The molecule has 0 aromatic carbocycles. The molecule has 0 spiro atoms. The van der Waals surface area contributed by atoms with Gasteiger partial charge in [-0.05, 0) is 6.42 Å². The normalized spacial score (nSPS) is 10.8. The molecule has 90 valence electrons. The molecule has 0 aliphatic carbocycles. The number of rotatable bonds is 12. The Bertz CT molecular complexity index is 84.2. The van der Waals surface area contributed by atoms with Gasteiger partial charge in [0.15, 0.2) is 0 Å². The first-order valence-electron chi connectivity index (χ1n) is 7.02. The minimum absolute atomic E-state index is 1.12. The molecule has 0 N–H and O–H groups in total. The van der Waals surface area contributed by atoms with Gasteiger partial charge >= 0.3 is 0 Å². The summed E-state index contributed by atoms with van der Waals surface area (Å²) in [7, 11) is 0. The topological polar surface area (TPSA) is 0 Å². The lowest BCUT2D eigenvalue weighted by molar-refractivity contribution is 0.558. The molecule has 0 heteroatoms. The maximum Gasteiger partial charge on any atom is -0.0389 e. The van der Waals surface area contributed by atoms with E-state index in [1.165, 1.54) is 70.6 Å². The van der Waals surface area contributed by atoms with E-state index in [1.807, 2.05) is 0 Å². The summed E-state index contributed by atoms with van der Waals surface area (Å²) in [4.78, 5) is 0. The van der Waals surface area contributed by atoms with Gasteiger partial charge in [-0.1, -0.05) is 90.9 Å². The van der Waals surface area contributed by atoms with E-state index in [2.05, 4.69) is 20.3 Å². The summed E-state index contributed by atoms with van der Waals surface area (Å²) in [6.07, 6.45) is 18.9. The number of hydrogen-bond donors (Lipinski definition) is 0. The molecule has 0 aliphatic rings. The Balaban J connectivity index is 2.81. The van der Waals surface area contributed by atoms with Crippen molar-refractivity contribution >= 4 is 0 Å². The predicted molar refractivity (Wildman–Crippen MR) is 70.7 cm³/mol. The van der Waals surface area contributed by atoms with Crippen molar-refractivity contribution in [1.29, 1.82) is 0 Å². The van der Waals surface area contributed by atoms with Crippen molar-refractivity contribution in [3.63, 3.8) is 0 Å². The van der Waals surface area contributed by atoms with E-state index in [0.29, 0.717) is 0 Å². The minimum Gasteiger partial charge on any atom is -0.0651 e. The van der Waals surface area contributed by atoms with E-state index in [4.69, 9.17) is 0 Å². The SMILES string of the molecule is [CH2]CCCCCCCCCCC[CH]CC. The van der Waals surface area contributed by atoms with Crippen LogP contribution in [0.4, 0.5) is 0 Å². The molecular weight excluding hydrogens is 180 g/mol. The Hall–Kier alpha value is 0. The Morgan fingerprint density at radius 3 is 1.67 bits per heavy atom. The van der Waals surface area contributed by atoms with Crippen LogP contribution in [0.3, 0.4) is 0 Å². The van der Waals surface area contributed by atoms with Gasteiger partial charge in [-0.3, -0.25) is 0 Å². The van der Waals surface area contributed by atoms with E-state index < -0.39 is 0 Å². The minimum atomic E-state index is 1.12. The smallest absolute Gasteiger partial charge is 0.0389 e. The molecule has 0 aromatic rings. The Labute approximate surface area is 97.8 Å². The van der Waals surface area contributed by atoms with Gasteiger partial charge in [0, 0.05) is 0 Å². The summed E-state index contributed by atoms with van der Waals surface area (Å²) < 4.78 is 0. The van der Waals surface area contributed by atoms with Gasteiger partial charge in [0.2, 0.25) is 0 Å². The maximum absolute atomic E-state index is 3.87. The molecular formula is C15H30. The second kappa shape index (κ2) is 14.0. The van der Waals surface area contributed by atoms with Crippen LogP contribution in [0.5, 0.6) is 0 Å². The second-order valence-corrected chi connectivity index (χ2v) is 4.52. The lowest BCUT2D eigenvalue weighted by atomic mass is 10.1. The molecule has 0 saturated carbocycles. The van der Waals surface area contributed by atoms with E-state index in [9.17, 15) is 0 Å². The summed E-state index contributed by atoms with van der Waals surface area (Å²) in [5.41, 5.74) is 0. The van der Waals surface area contributed by atoms with Crippen molar-refractivity contribution in [2.75, 3.05) is 0 Å². The first kappa shape index (κ1) is 15.0. The first-order valence-corrected chi connectivity index (χ1v) is 7.02. The molecule has 0 unspecified atom stereocenters. The quantitative estimate of drug-likeness (QED) is 0.361. The van der Waals surface area contributed by atoms with Gasteiger partial charge in [0.05, 0.1) is 0 Å². The monoisotopic (exact) mass is 210 g/mol. The summed E-state index contributed by atoms with van der Waals surface area (Å²) in [5.74, 6) is 0. The predicted octanol–water partition coefficient (Wildman–Crippen LogP) is 5.73. The molecule has 15 heavy (non-hydrogen) atoms. The molecule has 0 saturated heterocycles. The zero-order chi connectivity index (χ0) is 11.2. The molecule has 0 fully saturated rings. The van der Waals surface area contributed by atoms with Crippen LogP contribution in [0.25, 0.3) is 0 Å². The van der Waals surface area contributed by atoms with E-state index >= 15 is 0 Å². The van der Waals surface area contributed by atoms with Gasteiger partial charge < -0.3 is 0 Å². The average Bonchev–Trinajstić information content (AvgIpc) is 2.26. The third kappa shape index (κ3) is 14.0. The summed E-state index contributed by atoms with van der Waals surface area (Å²) in [5, 5.41) is 0. The Morgan fingerprint density at radius 2 is 1.20 bits per heavy atom. The third-order valence-electron chi connectivity index (χ3n) is 2.95. The zero-order valence-electron chi connectivity index (χ0n) is 10.8. The Morgan fingerprint density at radius 1 is 0.733 bits per heavy atom. The van der Waals surface area contributed by atoms with Gasteiger partial charge in [0.1, 0.15) is 0 Å². The van der Waals surface area contributed by atoms with Crippen LogP contribution in [0.15, 0.2) is 0 Å². The van der Waals surface area contributed by atoms with Crippen molar-refractivity contribution < 1.29 is 0 Å². The highest BCUT2D eigenvalue weighted by atomic mass is 14.0. The fourth-order valence-electron chi connectivity index (χ4n) is 1.91. The number of unbranched alkanes of at least 4 members (excludes halogenated alkanes) is 12. The summed E-state index contributed by atoms with van der Waals surface area (Å²) in [6, 6.07) is 0. The highest BCUT2D eigenvalue weighted by Gasteiger charge is 1.92. The molecule has 0 nitrogen and oxygen atoms in total. The molecule has 0 bridgehead atoms. The largest absolute Gasteiger partial charge is 0.0651 e. The van der Waals surface area contributed by atoms with Crippen molar-refractivity contribution in [2.24, 2.45) is 0 Å². The fourth-order valence-corrected chi connectivity index (χ4v) is 1.91. The lowest BCUT2D eigenvalue weighted by Crippen LogP contribution is -1.82. The lowest BCUT2D eigenvalue weighted by Gasteiger charge is -2.01. The van der Waals surface area contributed by atoms with Crippen LogP contribution in [0, 0.1) is 13.3 Å². The van der Waals surface area contributed by atoms with Crippen LogP contribution in [-0.2, 0) is 0 Å². The van der Waals surface area contributed by atoms with Crippen LogP contribution in [-0.4, -0.2) is 0 Å². The fraction of sp³-hybridized carbons (Fsp3) is 0.867. The third-order valence-corrected chi connectivity index (χ3v) is 2.95. The van der Waals surface area contributed by atoms with Gasteiger partial charge in [-0.15, -0.1) is 0 Å². The van der Waals surface area contributed by atoms with Crippen LogP contribution in [0.2, 0.25) is 0 Å². The van der Waals surface area contributed by atoms with Gasteiger partial charge in [-0.2, -0.15) is 0 Å². The number of hydrogen-bond acceptors (Lipinski definition) is 0. The molecule has 0 atom stereocenters. The average molecular weight is 210 g/mol. The van der Waals surface area contributed by atoms with Crippen LogP contribution in [0.1, 0.15) is 84.0 Å². The molecule has 0 aliphatic heterocycles. The van der Waals surface area contributed by atoms with Crippen molar-refractivity contribution in [3.05, 3.63) is 13.3 Å². The zero-order valence-corrected chi connectivity index (χ0v) is 10.8. The van der Waals surface area contributed by atoms with Gasteiger partial charge in [-0.25, -0.2) is 0 Å². The molecule has 2 radical (unpaired) electrons. The maximum atomic E-state index is 3.87. The first-order chi connectivity index (χ1) is 7.41. The highest BCUT2D eigenvalue weighted by molar-refractivity contribution is 4.60. The molecule has 0 heterocycles. The van der Waals surface area contributed by atoms with E-state index in [1.54, 1.807) is 0 Å². The van der Waals surface area contributed by atoms with Gasteiger partial charge in [0.25, 0.3) is 0 Å². The van der Waals surface area contributed by atoms with Crippen molar-refractivity contribution in [2.45, 2.75) is 84.0 Å². The molecule has 0 rings (SSSR count). The standard InChI is InChI=1S/C15H30/c1-3-5-7-9-11-13-15-14-12-10-8-6-4-2/h6H,1,3-5,7-15H2,2H3. The van der Waals surface area contributed by atoms with Crippen LogP contribution >= 0.6 is 0 Å². The Kier molecular flexibility index (Phi) is 14.0. The second-order valence-electron chi connectivity index (χ2n) is 4.52. The summed E-state index contributed by atoms with van der Waals surface area (Å²) in [6.45, 7) is 6.09. The summed E-state index contributed by atoms with van der Waals surface area (Å²) >= 11 is 0. The van der Waals surface area contributed by atoms with E-state index in [0.717, 1.165) is 6.42 Å². The van der Waals surface area contributed by atoms with Crippen molar-refractivity contribution in [1.82, 2.24) is 0 Å². The van der Waals surface area contributed by atoms with Crippen LogP contribution < -0.4 is 0 Å². The highest BCUT2D eigenvalue weighted by Crippen LogP contribution is 2.11. The molecule has 0 amide bonds. The van der Waals surface area contributed by atoms with Crippen molar-refractivity contribution in [3.8, 4) is 0 Å². The molecule has 0 aromatic heterocycles.